The summed E-state index contributed by atoms with van der Waals surface area (Å²) in [4.78, 5) is 0. The summed E-state index contributed by atoms with van der Waals surface area (Å²) in [6, 6.07) is 46.9. The van der Waals surface area contributed by atoms with Crippen LogP contribution < -0.4 is 0 Å². The molecule has 0 fully saturated rings. The Hall–Kier alpha value is -4.13. The lowest BCUT2D eigenvalue weighted by Crippen LogP contribution is -2.40. The maximum atomic E-state index is 6.67. The van der Waals surface area contributed by atoms with Crippen molar-refractivity contribution in [2.45, 2.75) is 24.7 Å². The van der Waals surface area contributed by atoms with Gasteiger partial charge in [-0.2, -0.15) is 0 Å². The van der Waals surface area contributed by atoms with Gasteiger partial charge in [0, 0.05) is 15.8 Å². The van der Waals surface area contributed by atoms with E-state index in [1.54, 1.807) is 0 Å². The minimum absolute atomic E-state index is 0.0971. The molecular weight excluding hydrogens is 492 g/mol. The van der Waals surface area contributed by atoms with Gasteiger partial charge in [0.2, 0.25) is 0 Å². The van der Waals surface area contributed by atoms with E-state index in [9.17, 15) is 0 Å². The van der Waals surface area contributed by atoms with Crippen molar-refractivity contribution in [1.29, 1.82) is 0 Å². The minimum atomic E-state index is -0.382. The summed E-state index contributed by atoms with van der Waals surface area (Å²) in [5.41, 5.74) is 12.9. The van der Waals surface area contributed by atoms with Crippen molar-refractivity contribution in [3.63, 3.8) is 0 Å². The number of rotatable bonds is 1. The van der Waals surface area contributed by atoms with Gasteiger partial charge in [-0.05, 0) is 67.1 Å². The van der Waals surface area contributed by atoms with E-state index < -0.39 is 0 Å². The van der Waals surface area contributed by atoms with Gasteiger partial charge < -0.3 is 0 Å². The molecular formula is C38H27Cl. The van der Waals surface area contributed by atoms with Crippen molar-refractivity contribution in [1.82, 2.24) is 0 Å². The topological polar surface area (TPSA) is 0 Å². The van der Waals surface area contributed by atoms with Gasteiger partial charge in [0.15, 0.2) is 0 Å². The lowest BCUT2D eigenvalue weighted by molar-refractivity contribution is 0.563. The van der Waals surface area contributed by atoms with Crippen LogP contribution in [0.4, 0.5) is 0 Å². The molecule has 0 N–H and O–H groups in total. The van der Waals surface area contributed by atoms with E-state index in [4.69, 9.17) is 11.6 Å². The minimum Gasteiger partial charge on any atom is -0.0837 e. The fourth-order valence-corrected chi connectivity index (χ4v) is 7.86. The molecule has 0 heterocycles. The van der Waals surface area contributed by atoms with E-state index in [1.165, 1.54) is 61.0 Å². The smallest absolute Gasteiger partial charge is 0.0719 e. The van der Waals surface area contributed by atoms with Gasteiger partial charge in [0.25, 0.3) is 0 Å². The molecule has 0 saturated heterocycles. The SMILES string of the molecule is CC1(C)c2ccccc2C2(c3ccccc3-c3c(-c4ccc(Cl)c5ccccc45)cccc32)c2ccccc21. The summed E-state index contributed by atoms with van der Waals surface area (Å²) in [6.45, 7) is 4.74. The Morgan fingerprint density at radius 2 is 0.923 bits per heavy atom. The molecule has 0 aromatic heterocycles. The predicted molar refractivity (Wildman–Crippen MR) is 164 cm³/mol. The van der Waals surface area contributed by atoms with Gasteiger partial charge in [-0.1, -0.05) is 147 Å². The van der Waals surface area contributed by atoms with Crippen LogP contribution in [0.25, 0.3) is 33.0 Å². The fourth-order valence-electron chi connectivity index (χ4n) is 7.63. The Balaban J connectivity index is 1.56. The first-order valence-corrected chi connectivity index (χ1v) is 14.0. The Morgan fingerprint density at radius 1 is 0.410 bits per heavy atom. The Labute approximate surface area is 234 Å². The number of hydrogen-bond donors (Lipinski definition) is 0. The number of benzene rings is 6. The van der Waals surface area contributed by atoms with Gasteiger partial charge >= 0.3 is 0 Å². The van der Waals surface area contributed by atoms with E-state index in [0.717, 1.165) is 10.4 Å². The normalized spacial score (nSPS) is 15.5. The van der Waals surface area contributed by atoms with Crippen LogP contribution in [-0.4, -0.2) is 0 Å². The molecule has 8 rings (SSSR count). The van der Waals surface area contributed by atoms with Crippen molar-refractivity contribution in [2.75, 3.05) is 0 Å². The summed E-state index contributed by atoms with van der Waals surface area (Å²) in [5, 5.41) is 3.06. The molecule has 1 heteroatoms. The predicted octanol–water partition coefficient (Wildman–Crippen LogP) is 10.2. The zero-order chi connectivity index (χ0) is 26.4. The highest BCUT2D eigenvalue weighted by Crippen LogP contribution is 2.63. The molecule has 1 spiro atoms. The van der Waals surface area contributed by atoms with Crippen molar-refractivity contribution in [3.05, 3.63) is 166 Å². The molecule has 6 aromatic rings. The third-order valence-corrected chi connectivity index (χ3v) is 9.57. The van der Waals surface area contributed by atoms with Crippen molar-refractivity contribution < 1.29 is 0 Å². The first kappa shape index (κ1) is 22.8. The zero-order valence-corrected chi connectivity index (χ0v) is 22.8. The molecule has 0 atom stereocenters. The van der Waals surface area contributed by atoms with Crippen LogP contribution in [0.5, 0.6) is 0 Å². The highest BCUT2D eigenvalue weighted by molar-refractivity contribution is 6.36. The largest absolute Gasteiger partial charge is 0.0837 e. The van der Waals surface area contributed by atoms with Crippen molar-refractivity contribution in [3.8, 4) is 22.3 Å². The number of halogens is 1. The number of hydrogen-bond acceptors (Lipinski definition) is 0. The zero-order valence-electron chi connectivity index (χ0n) is 22.0. The molecule has 0 unspecified atom stereocenters. The van der Waals surface area contributed by atoms with Crippen LogP contribution in [0.15, 0.2) is 127 Å². The second kappa shape index (κ2) is 7.94. The maximum Gasteiger partial charge on any atom is 0.0719 e. The summed E-state index contributed by atoms with van der Waals surface area (Å²) in [5.74, 6) is 0. The van der Waals surface area contributed by atoms with Crippen molar-refractivity contribution >= 4 is 22.4 Å². The van der Waals surface area contributed by atoms with Crippen LogP contribution in [0.1, 0.15) is 47.2 Å². The van der Waals surface area contributed by atoms with Crippen LogP contribution >= 0.6 is 11.6 Å². The van der Waals surface area contributed by atoms with E-state index >= 15 is 0 Å². The molecule has 2 aliphatic carbocycles. The van der Waals surface area contributed by atoms with Crippen LogP contribution in [0, 0.1) is 0 Å². The molecule has 0 saturated carbocycles. The van der Waals surface area contributed by atoms with Gasteiger partial charge in [0.1, 0.15) is 0 Å². The molecule has 0 aliphatic heterocycles. The molecule has 39 heavy (non-hydrogen) atoms. The van der Waals surface area contributed by atoms with Gasteiger partial charge in [-0.25, -0.2) is 0 Å². The van der Waals surface area contributed by atoms with Gasteiger partial charge in [-0.15, -0.1) is 0 Å². The Bertz CT molecular complexity index is 1910. The Morgan fingerprint density at radius 3 is 1.62 bits per heavy atom. The molecule has 186 valence electrons. The molecule has 0 radical (unpaired) electrons. The van der Waals surface area contributed by atoms with Crippen LogP contribution in [-0.2, 0) is 10.8 Å². The maximum absolute atomic E-state index is 6.67. The highest BCUT2D eigenvalue weighted by Gasteiger charge is 2.53. The van der Waals surface area contributed by atoms with E-state index in [0.29, 0.717) is 0 Å². The van der Waals surface area contributed by atoms with E-state index in [2.05, 4.69) is 135 Å². The lowest BCUT2D eigenvalue weighted by Gasteiger charge is -2.46. The quantitative estimate of drug-likeness (QED) is 0.203. The number of fused-ring (bicyclic) bond motifs is 10. The van der Waals surface area contributed by atoms with Gasteiger partial charge in [0.05, 0.1) is 5.41 Å². The first-order valence-electron chi connectivity index (χ1n) is 13.7. The summed E-state index contributed by atoms with van der Waals surface area (Å²) in [6.07, 6.45) is 0. The summed E-state index contributed by atoms with van der Waals surface area (Å²) >= 11 is 6.67. The van der Waals surface area contributed by atoms with E-state index in [1.807, 2.05) is 6.07 Å². The molecule has 0 amide bonds. The molecule has 0 bridgehead atoms. The summed E-state index contributed by atoms with van der Waals surface area (Å²) in [7, 11) is 0. The third-order valence-electron chi connectivity index (χ3n) is 9.24. The molecule has 2 aliphatic rings. The second-order valence-electron chi connectivity index (χ2n) is 11.4. The average Bonchev–Trinajstić information content (AvgIpc) is 3.28. The van der Waals surface area contributed by atoms with Crippen LogP contribution in [0.2, 0.25) is 5.02 Å². The standard InChI is InChI=1S/C38H27Cl/c1-37(2)30-17-7-9-19-32(30)38(33-20-10-8-18-31(33)37)29-16-6-5-14-28(29)36-27(15-11-21-34(36)38)25-22-23-35(39)26-13-4-3-12-24(25)26/h3-23H,1-2H3. The van der Waals surface area contributed by atoms with Crippen molar-refractivity contribution in [2.24, 2.45) is 0 Å². The monoisotopic (exact) mass is 518 g/mol. The average molecular weight is 519 g/mol. The van der Waals surface area contributed by atoms with E-state index in [-0.39, 0.29) is 10.8 Å². The second-order valence-corrected chi connectivity index (χ2v) is 11.8. The summed E-state index contributed by atoms with van der Waals surface area (Å²) < 4.78 is 0. The lowest BCUT2D eigenvalue weighted by atomic mass is 9.55. The highest BCUT2D eigenvalue weighted by atomic mass is 35.5. The fraction of sp³-hybridized carbons (Fsp3) is 0.105. The third kappa shape index (κ3) is 2.80. The van der Waals surface area contributed by atoms with Gasteiger partial charge in [-0.3, -0.25) is 0 Å². The van der Waals surface area contributed by atoms with Crippen LogP contribution in [0.3, 0.4) is 0 Å². The molecule has 6 aromatic carbocycles. The molecule has 0 nitrogen and oxygen atoms in total. The Kier molecular flexibility index (Phi) is 4.65. The first-order chi connectivity index (χ1) is 19.0.